The Balaban J connectivity index is 1.82. The zero-order valence-electron chi connectivity index (χ0n) is 26.2. The number of carbonyl (C=O) groups is 5. The number of phenolic OH excluding ortho intramolecular Hbond substituents is 1. The van der Waals surface area contributed by atoms with Crippen LogP contribution in [0.15, 0.2) is 6.07 Å². The summed E-state index contributed by atoms with van der Waals surface area (Å²) in [6.45, 7) is 6.33. The van der Waals surface area contributed by atoms with Gasteiger partial charge in [-0.3, -0.25) is 33.8 Å². The van der Waals surface area contributed by atoms with Gasteiger partial charge >= 0.3 is 0 Å². The van der Waals surface area contributed by atoms with E-state index in [2.05, 4.69) is 18.7 Å². The molecule has 2 fully saturated rings. The Morgan fingerprint density at radius 1 is 1.02 bits per heavy atom. The number of Topliss-reactive ketones (excluding diaryl/α,β-unsaturated/α-hetero) is 4. The van der Waals surface area contributed by atoms with Crippen molar-refractivity contribution in [3.8, 4) is 5.75 Å². The van der Waals surface area contributed by atoms with E-state index in [0.29, 0.717) is 17.7 Å². The minimum absolute atomic E-state index is 0.0289. The maximum atomic E-state index is 14.3. The van der Waals surface area contributed by atoms with E-state index in [9.17, 15) is 34.2 Å². The van der Waals surface area contributed by atoms with Gasteiger partial charge in [0.1, 0.15) is 5.75 Å². The van der Waals surface area contributed by atoms with E-state index in [-0.39, 0.29) is 24.2 Å². The van der Waals surface area contributed by atoms with E-state index in [0.717, 1.165) is 44.5 Å². The van der Waals surface area contributed by atoms with Crippen molar-refractivity contribution in [2.45, 2.75) is 70.6 Å². The molecule has 11 heteroatoms. The summed E-state index contributed by atoms with van der Waals surface area (Å²) in [6.07, 6.45) is 4.28. The molecular formula is C32H46N4O7. The van der Waals surface area contributed by atoms with Crippen LogP contribution in [0, 0.1) is 23.7 Å². The number of nitrogens with two attached hydrogens (primary N) is 1. The fourth-order valence-corrected chi connectivity index (χ4v) is 7.50. The zero-order valence-corrected chi connectivity index (χ0v) is 26.2. The fourth-order valence-electron chi connectivity index (χ4n) is 7.50. The number of anilines is 1. The number of hydrogen-bond acceptors (Lipinski definition) is 10. The number of unbranched alkanes of at least 4 members (excludes halogenated alkanes) is 2. The van der Waals surface area contributed by atoms with Crippen LogP contribution in [0.1, 0.15) is 67.4 Å². The first kappa shape index (κ1) is 32.8. The van der Waals surface area contributed by atoms with Gasteiger partial charge in [0.2, 0.25) is 5.91 Å². The third-order valence-electron chi connectivity index (χ3n) is 9.65. The lowest BCUT2D eigenvalue weighted by atomic mass is 9.52. The topological polar surface area (TPSA) is 162 Å². The van der Waals surface area contributed by atoms with Crippen molar-refractivity contribution in [2.24, 2.45) is 29.4 Å². The Kier molecular flexibility index (Phi) is 9.49. The van der Waals surface area contributed by atoms with Crippen LogP contribution in [0.25, 0.3) is 0 Å². The minimum atomic E-state index is -2.73. The first-order valence-electron chi connectivity index (χ1n) is 15.3. The summed E-state index contributed by atoms with van der Waals surface area (Å²) in [5, 5.41) is 23.4. The van der Waals surface area contributed by atoms with Crippen molar-refractivity contribution < 1.29 is 34.2 Å². The van der Waals surface area contributed by atoms with Gasteiger partial charge in [-0.2, -0.15) is 0 Å². The molecule has 4 N–H and O–H groups in total. The highest BCUT2D eigenvalue weighted by Gasteiger charge is 2.69. The van der Waals surface area contributed by atoms with Crippen LogP contribution in [0.5, 0.6) is 5.75 Å². The van der Waals surface area contributed by atoms with Crippen molar-refractivity contribution in [1.29, 1.82) is 0 Å². The fraction of sp³-hybridized carbons (Fsp3) is 0.656. The Hall–Kier alpha value is -3.15. The number of fused-ring (bicyclic) bond motifs is 3. The average molecular weight is 599 g/mol. The average Bonchev–Trinajstić information content (AvgIpc) is 2.92. The van der Waals surface area contributed by atoms with E-state index in [1.165, 1.54) is 4.90 Å². The lowest BCUT2D eigenvalue weighted by molar-refractivity contribution is -0.181. The monoisotopic (exact) mass is 598 g/mol. The second kappa shape index (κ2) is 12.5. The lowest BCUT2D eigenvalue weighted by Crippen LogP contribution is -2.74. The number of aliphatic hydroxyl groups is 1. The summed E-state index contributed by atoms with van der Waals surface area (Å²) in [5.41, 5.74) is 4.65. The van der Waals surface area contributed by atoms with Crippen molar-refractivity contribution in [3.05, 3.63) is 22.8 Å². The predicted molar refractivity (Wildman–Crippen MR) is 161 cm³/mol. The molecule has 0 bridgehead atoms. The Morgan fingerprint density at radius 3 is 2.14 bits per heavy atom. The number of nitrogens with zero attached hydrogens (tertiary/aromatic N) is 3. The van der Waals surface area contributed by atoms with E-state index < -0.39 is 64.4 Å². The van der Waals surface area contributed by atoms with Crippen LogP contribution in [0.4, 0.5) is 5.69 Å². The molecule has 0 spiro atoms. The molecule has 236 valence electrons. The number of benzene rings is 1. The molecule has 43 heavy (non-hydrogen) atoms. The molecule has 3 aliphatic carbocycles. The number of amides is 1. The van der Waals surface area contributed by atoms with Crippen molar-refractivity contribution in [2.75, 3.05) is 46.2 Å². The molecule has 0 saturated heterocycles. The number of rotatable bonds is 11. The highest BCUT2D eigenvalue weighted by molar-refractivity contribution is 6.32. The number of primary amides is 1. The smallest absolute Gasteiger partial charge is 0.235 e. The van der Waals surface area contributed by atoms with Crippen molar-refractivity contribution in [1.82, 2.24) is 9.80 Å². The number of phenols is 1. The van der Waals surface area contributed by atoms with Gasteiger partial charge < -0.3 is 20.8 Å². The van der Waals surface area contributed by atoms with Crippen molar-refractivity contribution in [3.63, 3.8) is 0 Å². The molecular weight excluding hydrogens is 552 g/mol. The normalized spacial score (nSPS) is 28.6. The summed E-state index contributed by atoms with van der Waals surface area (Å²) in [6, 6.07) is 0.782. The summed E-state index contributed by atoms with van der Waals surface area (Å²) >= 11 is 0. The minimum Gasteiger partial charge on any atom is -0.507 e. The highest BCUT2D eigenvalue weighted by atomic mass is 16.3. The Labute approximate surface area is 253 Å². The van der Waals surface area contributed by atoms with Gasteiger partial charge in [-0.15, -0.1) is 0 Å². The molecule has 1 aromatic rings. The van der Waals surface area contributed by atoms with Crippen LogP contribution in [-0.4, -0.2) is 102 Å². The van der Waals surface area contributed by atoms with Crippen LogP contribution < -0.4 is 10.6 Å². The maximum Gasteiger partial charge on any atom is 0.235 e. The number of hydrogen-bond donors (Lipinski definition) is 3. The first-order chi connectivity index (χ1) is 20.2. The molecule has 6 atom stereocenters. The van der Waals surface area contributed by atoms with E-state index in [1.807, 2.05) is 25.1 Å². The second-order valence-corrected chi connectivity index (χ2v) is 12.9. The van der Waals surface area contributed by atoms with Gasteiger partial charge in [-0.25, -0.2) is 0 Å². The number of ketones is 4. The van der Waals surface area contributed by atoms with Gasteiger partial charge in [0.05, 0.1) is 17.5 Å². The molecule has 1 amide bonds. The summed E-state index contributed by atoms with van der Waals surface area (Å²) in [4.78, 5) is 73.0. The highest BCUT2D eigenvalue weighted by Crippen LogP contribution is 2.52. The molecule has 0 radical (unpaired) electrons. The van der Waals surface area contributed by atoms with Crippen LogP contribution in [0.3, 0.4) is 0 Å². The zero-order chi connectivity index (χ0) is 32.0. The SMILES string of the molecule is CCCCN(CCCC)Cc1cc(N(C)C)c2c(c1O)C(=O)C1C(=O)[C@]3(O)C(=O)C(C(N)=O)C(=O)C(N(C)C)[C@@H]3C[C@@H]1C2. The van der Waals surface area contributed by atoms with E-state index in [4.69, 9.17) is 5.73 Å². The van der Waals surface area contributed by atoms with Crippen molar-refractivity contribution >= 4 is 34.7 Å². The van der Waals surface area contributed by atoms with E-state index >= 15 is 0 Å². The largest absolute Gasteiger partial charge is 0.507 e. The molecule has 2 saturated carbocycles. The van der Waals surface area contributed by atoms with Gasteiger partial charge in [0.25, 0.3) is 0 Å². The quantitative estimate of drug-likeness (QED) is 0.317. The predicted octanol–water partition coefficient (Wildman–Crippen LogP) is 1.34. The number of aromatic hydroxyl groups is 1. The number of likely N-dealkylation sites (N-methyl/N-ethyl adjacent to an activating group) is 1. The van der Waals surface area contributed by atoms with Gasteiger partial charge in [0.15, 0.2) is 34.7 Å². The third-order valence-corrected chi connectivity index (χ3v) is 9.65. The van der Waals surface area contributed by atoms with Crippen LogP contribution in [0.2, 0.25) is 0 Å². The van der Waals surface area contributed by atoms with Crippen LogP contribution in [-0.2, 0) is 32.1 Å². The molecule has 4 rings (SSSR count). The van der Waals surface area contributed by atoms with Gasteiger partial charge in [-0.1, -0.05) is 26.7 Å². The molecule has 11 nitrogen and oxygen atoms in total. The Bertz CT molecular complexity index is 1320. The first-order valence-corrected chi connectivity index (χ1v) is 15.3. The standard InChI is InChI=1S/C32H46N4O7/c1-7-9-11-36(12-10-8-2)16-18-15-21(34(3)4)19-13-17-14-20-25(35(5)6)28(39)24(31(33)42)30(41)32(20,43)29(40)22(17)27(38)23(19)26(18)37/h15,17,20,22,24-25,37,43H,7-14,16H2,1-6H3,(H2,33,42)/t17-,20-,22?,24?,25?,32-/m0/s1. The van der Waals surface area contributed by atoms with Gasteiger partial charge in [0, 0.05) is 37.8 Å². The summed E-state index contributed by atoms with van der Waals surface area (Å²) < 4.78 is 0. The number of carbonyl (C=O) groups excluding carboxylic acids is 5. The van der Waals surface area contributed by atoms with Crippen LogP contribution >= 0.6 is 0 Å². The molecule has 3 aliphatic rings. The molecule has 0 heterocycles. The molecule has 3 unspecified atom stereocenters. The summed E-state index contributed by atoms with van der Waals surface area (Å²) in [7, 11) is 6.86. The van der Waals surface area contributed by atoms with E-state index in [1.54, 1.807) is 14.1 Å². The maximum absolute atomic E-state index is 14.3. The molecule has 0 aliphatic heterocycles. The molecule has 0 aromatic heterocycles. The Morgan fingerprint density at radius 2 is 1.63 bits per heavy atom. The lowest BCUT2D eigenvalue weighted by Gasteiger charge is -2.52. The van der Waals surface area contributed by atoms with Gasteiger partial charge in [-0.05, 0) is 70.4 Å². The second-order valence-electron chi connectivity index (χ2n) is 12.9. The molecule has 1 aromatic carbocycles. The third kappa shape index (κ3) is 5.40. The summed E-state index contributed by atoms with van der Waals surface area (Å²) in [5.74, 6) is -10.3.